The lowest BCUT2D eigenvalue weighted by atomic mass is 10.2. The molecule has 1 aromatic rings. The maximum absolute atomic E-state index is 5.89. The molecule has 0 bridgehead atoms. The molecule has 1 spiro atoms. The van der Waals surface area contributed by atoms with Crippen LogP contribution in [-0.2, 0) is 9.47 Å². The first-order chi connectivity index (χ1) is 9.33. The Morgan fingerprint density at radius 3 is 3.00 bits per heavy atom. The van der Waals surface area contributed by atoms with E-state index in [4.69, 9.17) is 18.9 Å². The predicted octanol–water partition coefficient (Wildman–Crippen LogP) is 2.85. The maximum Gasteiger partial charge on any atom is 0.231 e. The molecule has 19 heavy (non-hydrogen) atoms. The third kappa shape index (κ3) is 1.88. The van der Waals surface area contributed by atoms with E-state index < -0.39 is 5.79 Å². The minimum absolute atomic E-state index is 0.294. The highest BCUT2D eigenvalue weighted by molar-refractivity contribution is 5.60. The molecule has 0 radical (unpaired) electrons. The number of hydrogen-bond donors (Lipinski definition) is 0. The number of benzene rings is 1. The highest BCUT2D eigenvalue weighted by atomic mass is 16.7. The molecule has 0 saturated carbocycles. The Hall–Kier alpha value is -1.94. The van der Waals surface area contributed by atoms with Crippen LogP contribution in [0.4, 0.5) is 0 Å². The Morgan fingerprint density at radius 1 is 1.16 bits per heavy atom. The van der Waals surface area contributed by atoms with E-state index in [9.17, 15) is 0 Å². The van der Waals surface area contributed by atoms with Gasteiger partial charge in [0, 0.05) is 6.42 Å². The molecular weight excluding hydrogens is 244 g/mol. The van der Waals surface area contributed by atoms with Crippen LogP contribution in [0.1, 0.15) is 18.4 Å². The summed E-state index contributed by atoms with van der Waals surface area (Å²) in [6, 6.07) is 5.85. The maximum atomic E-state index is 5.89. The Labute approximate surface area is 111 Å². The molecule has 1 fully saturated rings. The van der Waals surface area contributed by atoms with Crippen molar-refractivity contribution < 1.29 is 18.9 Å². The molecule has 0 N–H and O–H groups in total. The SMILES string of the molecule is C1=CC2(CCCO2)O/C1=C/c1ccc2c(c1)OCO2. The largest absolute Gasteiger partial charge is 0.459 e. The summed E-state index contributed by atoms with van der Waals surface area (Å²) in [6.07, 6.45) is 7.91. The summed E-state index contributed by atoms with van der Waals surface area (Å²) in [5.41, 5.74) is 1.03. The second-order valence-electron chi connectivity index (χ2n) is 4.86. The van der Waals surface area contributed by atoms with Crippen molar-refractivity contribution in [1.82, 2.24) is 0 Å². The van der Waals surface area contributed by atoms with Crippen molar-refractivity contribution in [3.63, 3.8) is 0 Å². The molecule has 1 atom stereocenters. The fraction of sp³-hybridized carbons (Fsp3) is 0.333. The van der Waals surface area contributed by atoms with Gasteiger partial charge in [-0.1, -0.05) is 6.07 Å². The van der Waals surface area contributed by atoms with Crippen LogP contribution < -0.4 is 9.47 Å². The fourth-order valence-corrected chi connectivity index (χ4v) is 2.57. The van der Waals surface area contributed by atoms with Crippen molar-refractivity contribution in [3.05, 3.63) is 41.7 Å². The van der Waals surface area contributed by atoms with Crippen molar-refractivity contribution in [1.29, 1.82) is 0 Å². The van der Waals surface area contributed by atoms with Crippen LogP contribution in [0.15, 0.2) is 36.1 Å². The van der Waals surface area contributed by atoms with Gasteiger partial charge in [-0.2, -0.15) is 0 Å². The van der Waals surface area contributed by atoms with Gasteiger partial charge < -0.3 is 18.9 Å². The monoisotopic (exact) mass is 258 g/mol. The molecule has 4 nitrogen and oxygen atoms in total. The van der Waals surface area contributed by atoms with E-state index in [1.807, 2.05) is 36.4 Å². The van der Waals surface area contributed by atoms with E-state index >= 15 is 0 Å². The predicted molar refractivity (Wildman–Crippen MR) is 68.7 cm³/mol. The molecule has 0 amide bonds. The van der Waals surface area contributed by atoms with E-state index in [2.05, 4.69) is 0 Å². The number of hydrogen-bond acceptors (Lipinski definition) is 4. The van der Waals surface area contributed by atoms with Crippen molar-refractivity contribution in [3.8, 4) is 11.5 Å². The number of rotatable bonds is 1. The third-order valence-corrected chi connectivity index (χ3v) is 3.51. The molecule has 3 heterocycles. The van der Waals surface area contributed by atoms with Crippen LogP contribution in [0.25, 0.3) is 6.08 Å². The molecule has 0 aliphatic carbocycles. The van der Waals surface area contributed by atoms with Gasteiger partial charge in [-0.25, -0.2) is 0 Å². The highest BCUT2D eigenvalue weighted by Gasteiger charge is 2.38. The third-order valence-electron chi connectivity index (χ3n) is 3.51. The number of fused-ring (bicyclic) bond motifs is 1. The van der Waals surface area contributed by atoms with Gasteiger partial charge in [-0.3, -0.25) is 0 Å². The molecule has 4 heteroatoms. The molecule has 3 aliphatic rings. The van der Waals surface area contributed by atoms with E-state index in [0.29, 0.717) is 6.79 Å². The summed E-state index contributed by atoms with van der Waals surface area (Å²) in [4.78, 5) is 0. The first-order valence-corrected chi connectivity index (χ1v) is 6.47. The van der Waals surface area contributed by atoms with Gasteiger partial charge in [0.05, 0.1) is 6.61 Å². The normalized spacial score (nSPS) is 29.4. The van der Waals surface area contributed by atoms with Gasteiger partial charge in [0.1, 0.15) is 5.76 Å². The van der Waals surface area contributed by atoms with E-state index in [0.717, 1.165) is 42.3 Å². The lowest BCUT2D eigenvalue weighted by molar-refractivity contribution is -0.135. The van der Waals surface area contributed by atoms with Gasteiger partial charge in [0.25, 0.3) is 0 Å². The second kappa shape index (κ2) is 4.03. The average Bonchev–Trinajstić information content (AvgIpc) is 3.12. The van der Waals surface area contributed by atoms with Crippen molar-refractivity contribution in [2.45, 2.75) is 18.6 Å². The first kappa shape index (κ1) is 10.9. The zero-order valence-electron chi connectivity index (χ0n) is 10.4. The fourth-order valence-electron chi connectivity index (χ4n) is 2.57. The molecular formula is C15H14O4. The van der Waals surface area contributed by atoms with Crippen LogP contribution in [0.2, 0.25) is 0 Å². The van der Waals surface area contributed by atoms with Gasteiger partial charge in [-0.15, -0.1) is 0 Å². The van der Waals surface area contributed by atoms with Crippen LogP contribution in [0.3, 0.4) is 0 Å². The van der Waals surface area contributed by atoms with Crippen LogP contribution in [0.5, 0.6) is 11.5 Å². The molecule has 3 aliphatic heterocycles. The van der Waals surface area contributed by atoms with Crippen molar-refractivity contribution >= 4 is 6.08 Å². The number of ether oxygens (including phenoxy) is 4. The molecule has 1 aromatic carbocycles. The smallest absolute Gasteiger partial charge is 0.231 e. The summed E-state index contributed by atoms with van der Waals surface area (Å²) in [5.74, 6) is 1.88. The van der Waals surface area contributed by atoms with Gasteiger partial charge >= 0.3 is 0 Å². The zero-order chi connectivity index (χ0) is 12.7. The summed E-state index contributed by atoms with van der Waals surface area (Å²) in [7, 11) is 0. The minimum atomic E-state index is -0.512. The minimum Gasteiger partial charge on any atom is -0.459 e. The van der Waals surface area contributed by atoms with Gasteiger partial charge in [-0.05, 0) is 42.3 Å². The summed E-state index contributed by atoms with van der Waals surface area (Å²) in [6.45, 7) is 1.06. The zero-order valence-corrected chi connectivity index (χ0v) is 10.4. The first-order valence-electron chi connectivity index (χ1n) is 6.47. The van der Waals surface area contributed by atoms with Gasteiger partial charge in [0.15, 0.2) is 11.5 Å². The lowest BCUT2D eigenvalue weighted by Crippen LogP contribution is -2.24. The molecule has 1 unspecified atom stereocenters. The summed E-state index contributed by atoms with van der Waals surface area (Å²) in [5, 5.41) is 0. The Bertz CT molecular complexity index is 568. The van der Waals surface area contributed by atoms with Crippen LogP contribution in [-0.4, -0.2) is 19.2 Å². The Kier molecular flexibility index (Phi) is 2.32. The average molecular weight is 258 g/mol. The molecule has 1 saturated heterocycles. The van der Waals surface area contributed by atoms with Crippen LogP contribution in [0, 0.1) is 0 Å². The van der Waals surface area contributed by atoms with E-state index in [-0.39, 0.29) is 0 Å². The standard InChI is InChI=1S/C15H14O4/c1-5-15(18-7-1)6-4-12(19-15)8-11-2-3-13-14(9-11)17-10-16-13/h2-4,6,8-9H,1,5,7,10H2/b12-8+. The van der Waals surface area contributed by atoms with Gasteiger partial charge in [0.2, 0.25) is 12.6 Å². The Balaban J connectivity index is 1.58. The molecule has 0 aromatic heterocycles. The lowest BCUT2D eigenvalue weighted by Gasteiger charge is -2.20. The van der Waals surface area contributed by atoms with E-state index in [1.165, 1.54) is 0 Å². The molecule has 98 valence electrons. The van der Waals surface area contributed by atoms with Crippen LogP contribution >= 0.6 is 0 Å². The highest BCUT2D eigenvalue weighted by Crippen LogP contribution is 2.37. The van der Waals surface area contributed by atoms with Crippen molar-refractivity contribution in [2.75, 3.05) is 13.4 Å². The summed E-state index contributed by atoms with van der Waals surface area (Å²) < 4.78 is 22.2. The molecule has 4 rings (SSSR count). The quantitative estimate of drug-likeness (QED) is 0.776. The van der Waals surface area contributed by atoms with Crippen molar-refractivity contribution in [2.24, 2.45) is 0 Å². The summed E-state index contributed by atoms with van der Waals surface area (Å²) >= 11 is 0. The number of allylic oxidation sites excluding steroid dienone is 1. The van der Waals surface area contributed by atoms with E-state index in [1.54, 1.807) is 0 Å². The second-order valence-corrected chi connectivity index (χ2v) is 4.86. The Morgan fingerprint density at radius 2 is 2.11 bits per heavy atom. The topological polar surface area (TPSA) is 36.9 Å².